The summed E-state index contributed by atoms with van der Waals surface area (Å²) >= 11 is 0. The highest BCUT2D eigenvalue weighted by Crippen LogP contribution is 2.28. The number of ether oxygens (including phenoxy) is 1. The second-order valence-electron chi connectivity index (χ2n) is 3.87. The van der Waals surface area contributed by atoms with Crippen LogP contribution in [0.15, 0.2) is 18.7 Å². The lowest BCUT2D eigenvalue weighted by atomic mass is 9.82. The van der Waals surface area contributed by atoms with E-state index in [1.165, 1.54) is 0 Å². The number of hydrogen-bond acceptors (Lipinski definition) is 3. The summed E-state index contributed by atoms with van der Waals surface area (Å²) in [5.41, 5.74) is 5.53. The summed E-state index contributed by atoms with van der Waals surface area (Å²) in [4.78, 5) is 3.97. The number of imidazole rings is 1. The van der Waals surface area contributed by atoms with Crippen molar-refractivity contribution in [3.63, 3.8) is 0 Å². The number of rotatable bonds is 5. The fraction of sp³-hybridized carbons (Fsp3) is 0.700. The van der Waals surface area contributed by atoms with E-state index in [1.54, 1.807) is 6.20 Å². The van der Waals surface area contributed by atoms with Gasteiger partial charge in [-0.3, -0.25) is 0 Å². The SMILES string of the molecule is NCC1CC(OCCn2ccnc2)C1. The van der Waals surface area contributed by atoms with Gasteiger partial charge in [0, 0.05) is 18.9 Å². The smallest absolute Gasteiger partial charge is 0.0946 e. The topological polar surface area (TPSA) is 53.1 Å². The molecular weight excluding hydrogens is 178 g/mol. The van der Waals surface area contributed by atoms with E-state index >= 15 is 0 Å². The summed E-state index contributed by atoms with van der Waals surface area (Å²) < 4.78 is 7.71. The maximum atomic E-state index is 5.68. The Kier molecular flexibility index (Phi) is 3.16. The molecule has 1 aromatic rings. The molecule has 4 heteroatoms. The van der Waals surface area contributed by atoms with Gasteiger partial charge in [-0.15, -0.1) is 0 Å². The minimum absolute atomic E-state index is 0.451. The highest BCUT2D eigenvalue weighted by molar-refractivity contribution is 4.80. The van der Waals surface area contributed by atoms with E-state index in [0.29, 0.717) is 12.0 Å². The van der Waals surface area contributed by atoms with E-state index in [1.807, 2.05) is 17.1 Å². The molecule has 0 bridgehead atoms. The molecule has 1 fully saturated rings. The highest BCUT2D eigenvalue weighted by atomic mass is 16.5. The average molecular weight is 195 g/mol. The van der Waals surface area contributed by atoms with Crippen molar-refractivity contribution in [3.05, 3.63) is 18.7 Å². The van der Waals surface area contributed by atoms with Crippen molar-refractivity contribution in [3.8, 4) is 0 Å². The van der Waals surface area contributed by atoms with E-state index in [-0.39, 0.29) is 0 Å². The molecule has 0 atom stereocenters. The summed E-state index contributed by atoms with van der Waals surface area (Å²) in [5, 5.41) is 0. The Morgan fingerprint density at radius 3 is 3.00 bits per heavy atom. The van der Waals surface area contributed by atoms with Crippen LogP contribution in [0.4, 0.5) is 0 Å². The quantitative estimate of drug-likeness (QED) is 0.750. The van der Waals surface area contributed by atoms with Crippen molar-refractivity contribution in [1.29, 1.82) is 0 Å². The summed E-state index contributed by atoms with van der Waals surface area (Å²) in [6.07, 6.45) is 8.28. The number of nitrogens with two attached hydrogens (primary N) is 1. The molecule has 4 nitrogen and oxygen atoms in total. The number of hydrogen-bond donors (Lipinski definition) is 1. The summed E-state index contributed by atoms with van der Waals surface area (Å²) in [5.74, 6) is 0.702. The van der Waals surface area contributed by atoms with Crippen LogP contribution in [-0.2, 0) is 11.3 Å². The third-order valence-corrected chi connectivity index (χ3v) is 2.79. The second kappa shape index (κ2) is 4.57. The fourth-order valence-corrected chi connectivity index (χ4v) is 1.75. The van der Waals surface area contributed by atoms with Crippen LogP contribution in [0.5, 0.6) is 0 Å². The molecule has 1 aliphatic carbocycles. The van der Waals surface area contributed by atoms with Gasteiger partial charge in [-0.1, -0.05) is 0 Å². The lowest BCUT2D eigenvalue weighted by molar-refractivity contribution is -0.0307. The molecule has 2 N–H and O–H groups in total. The van der Waals surface area contributed by atoms with Crippen LogP contribution in [0, 0.1) is 5.92 Å². The molecule has 14 heavy (non-hydrogen) atoms. The first-order chi connectivity index (χ1) is 6.88. The first-order valence-corrected chi connectivity index (χ1v) is 5.16. The zero-order chi connectivity index (χ0) is 9.80. The van der Waals surface area contributed by atoms with Crippen LogP contribution in [-0.4, -0.2) is 28.8 Å². The zero-order valence-corrected chi connectivity index (χ0v) is 8.30. The maximum Gasteiger partial charge on any atom is 0.0946 e. The Morgan fingerprint density at radius 1 is 1.50 bits per heavy atom. The Morgan fingerprint density at radius 2 is 2.36 bits per heavy atom. The molecule has 1 heterocycles. The van der Waals surface area contributed by atoms with Crippen molar-refractivity contribution in [2.45, 2.75) is 25.5 Å². The molecule has 0 aromatic carbocycles. The predicted octanol–water partition coefficient (Wildman–Crippen LogP) is 0.637. The number of aromatic nitrogens is 2. The van der Waals surface area contributed by atoms with Crippen molar-refractivity contribution in [1.82, 2.24) is 9.55 Å². The maximum absolute atomic E-state index is 5.68. The van der Waals surface area contributed by atoms with Gasteiger partial charge in [-0.05, 0) is 25.3 Å². The fourth-order valence-electron chi connectivity index (χ4n) is 1.75. The average Bonchev–Trinajstić information content (AvgIpc) is 2.61. The molecule has 0 spiro atoms. The molecule has 1 aromatic heterocycles. The zero-order valence-electron chi connectivity index (χ0n) is 8.30. The van der Waals surface area contributed by atoms with Gasteiger partial charge in [-0.25, -0.2) is 4.98 Å². The monoisotopic (exact) mass is 195 g/mol. The van der Waals surface area contributed by atoms with Crippen LogP contribution in [0.3, 0.4) is 0 Å². The van der Waals surface area contributed by atoms with E-state index < -0.39 is 0 Å². The van der Waals surface area contributed by atoms with Crippen LogP contribution < -0.4 is 5.73 Å². The van der Waals surface area contributed by atoms with Crippen LogP contribution in [0.25, 0.3) is 0 Å². The van der Waals surface area contributed by atoms with Gasteiger partial charge < -0.3 is 15.0 Å². The van der Waals surface area contributed by atoms with Crippen molar-refractivity contribution in [2.24, 2.45) is 11.7 Å². The minimum atomic E-state index is 0.451. The second-order valence-corrected chi connectivity index (χ2v) is 3.87. The van der Waals surface area contributed by atoms with Crippen molar-refractivity contribution < 1.29 is 4.74 Å². The molecule has 0 aliphatic heterocycles. The normalized spacial score (nSPS) is 26.1. The van der Waals surface area contributed by atoms with Gasteiger partial charge in [0.15, 0.2) is 0 Å². The predicted molar refractivity (Wildman–Crippen MR) is 53.7 cm³/mol. The van der Waals surface area contributed by atoms with Crippen LogP contribution in [0.1, 0.15) is 12.8 Å². The van der Waals surface area contributed by atoms with Crippen LogP contribution >= 0.6 is 0 Å². The van der Waals surface area contributed by atoms with Crippen molar-refractivity contribution >= 4 is 0 Å². The standard InChI is InChI=1S/C10H17N3O/c11-7-9-5-10(6-9)14-4-3-13-2-1-12-8-13/h1-2,8-10H,3-7,11H2. The third-order valence-electron chi connectivity index (χ3n) is 2.79. The van der Waals surface area contributed by atoms with E-state index in [0.717, 1.165) is 32.5 Å². The van der Waals surface area contributed by atoms with Gasteiger partial charge in [0.25, 0.3) is 0 Å². The summed E-state index contributed by atoms with van der Waals surface area (Å²) in [6.45, 7) is 2.48. The minimum Gasteiger partial charge on any atom is -0.376 e. The van der Waals surface area contributed by atoms with Gasteiger partial charge >= 0.3 is 0 Å². The van der Waals surface area contributed by atoms with Gasteiger partial charge in [0.05, 0.1) is 19.0 Å². The molecule has 0 saturated heterocycles. The Labute approximate surface area is 84.1 Å². The molecular formula is C10H17N3O. The van der Waals surface area contributed by atoms with Gasteiger partial charge in [0.1, 0.15) is 0 Å². The Hall–Kier alpha value is -0.870. The molecule has 1 aliphatic rings. The lowest BCUT2D eigenvalue weighted by Gasteiger charge is -2.34. The molecule has 0 amide bonds. The highest BCUT2D eigenvalue weighted by Gasteiger charge is 2.28. The number of nitrogens with zero attached hydrogens (tertiary/aromatic N) is 2. The summed E-state index contributed by atoms with van der Waals surface area (Å²) in [6, 6.07) is 0. The first kappa shape index (κ1) is 9.68. The van der Waals surface area contributed by atoms with Crippen molar-refractivity contribution in [2.75, 3.05) is 13.2 Å². The molecule has 2 rings (SSSR count). The van der Waals surface area contributed by atoms with Gasteiger partial charge in [-0.2, -0.15) is 0 Å². The molecule has 0 unspecified atom stereocenters. The lowest BCUT2D eigenvalue weighted by Crippen LogP contribution is -2.36. The van der Waals surface area contributed by atoms with E-state index in [9.17, 15) is 0 Å². The largest absolute Gasteiger partial charge is 0.376 e. The molecule has 1 saturated carbocycles. The Bertz CT molecular complexity index is 254. The van der Waals surface area contributed by atoms with E-state index in [4.69, 9.17) is 10.5 Å². The molecule has 0 radical (unpaired) electrons. The first-order valence-electron chi connectivity index (χ1n) is 5.16. The van der Waals surface area contributed by atoms with E-state index in [2.05, 4.69) is 4.98 Å². The molecule has 78 valence electrons. The third kappa shape index (κ3) is 2.33. The Balaban J connectivity index is 1.56. The van der Waals surface area contributed by atoms with Gasteiger partial charge in [0.2, 0.25) is 0 Å². The van der Waals surface area contributed by atoms with Crippen LogP contribution in [0.2, 0.25) is 0 Å². The summed E-state index contributed by atoms with van der Waals surface area (Å²) in [7, 11) is 0.